The number of rotatable bonds is 4. The fraction of sp³-hybridized carbons (Fsp3) is 0.333. The topological polar surface area (TPSA) is 144 Å². The van der Waals surface area contributed by atoms with Crippen LogP contribution in [0.4, 0.5) is 20.6 Å². The predicted molar refractivity (Wildman–Crippen MR) is 138 cm³/mol. The Morgan fingerprint density at radius 3 is 2.69 bits per heavy atom. The molecule has 0 aliphatic carbocycles. The largest absolute Gasteiger partial charge is 0.487 e. The number of benzene rings is 2. The number of pyridine rings is 1. The number of aromatic carboxylic acids is 1. The van der Waals surface area contributed by atoms with Crippen LogP contribution in [0.1, 0.15) is 40.9 Å². The Bertz CT molecular complexity index is 1630. The number of amides is 2. The molecule has 2 unspecified atom stereocenters. The van der Waals surface area contributed by atoms with E-state index in [-0.39, 0.29) is 36.0 Å². The number of nitrogens with two attached hydrogens (primary N) is 1. The van der Waals surface area contributed by atoms with Gasteiger partial charge in [0.1, 0.15) is 17.9 Å². The molecule has 39 heavy (non-hydrogen) atoms. The van der Waals surface area contributed by atoms with E-state index >= 15 is 4.39 Å². The number of carboxylic acid groups (broad SMARTS) is 1. The van der Waals surface area contributed by atoms with E-state index < -0.39 is 40.9 Å². The molecule has 2 atom stereocenters. The summed E-state index contributed by atoms with van der Waals surface area (Å²) in [6.45, 7) is 2.89. The molecule has 0 saturated carbocycles. The van der Waals surface area contributed by atoms with Crippen molar-refractivity contribution in [3.63, 3.8) is 0 Å². The van der Waals surface area contributed by atoms with Gasteiger partial charge in [-0.15, -0.1) is 0 Å². The number of aromatic nitrogens is 1. The minimum absolute atomic E-state index is 0.0335. The second-order valence-corrected chi connectivity index (χ2v) is 10.0. The maximum atomic E-state index is 15.7. The number of carbonyl (C=O) groups is 3. The Labute approximate surface area is 221 Å². The highest BCUT2D eigenvalue weighted by Crippen LogP contribution is 2.43. The summed E-state index contributed by atoms with van der Waals surface area (Å²) in [5.74, 6) is -2.53. The number of fused-ring (bicyclic) bond motifs is 1. The third-order valence-corrected chi connectivity index (χ3v) is 7.55. The van der Waals surface area contributed by atoms with Crippen LogP contribution in [0.3, 0.4) is 0 Å². The van der Waals surface area contributed by atoms with Crippen molar-refractivity contribution in [2.75, 3.05) is 29.5 Å². The van der Waals surface area contributed by atoms with E-state index in [4.69, 9.17) is 15.2 Å². The zero-order valence-electron chi connectivity index (χ0n) is 21.0. The van der Waals surface area contributed by atoms with E-state index in [2.05, 4.69) is 0 Å². The first-order chi connectivity index (χ1) is 18.6. The van der Waals surface area contributed by atoms with Gasteiger partial charge in [-0.2, -0.15) is 0 Å². The smallest absolute Gasteiger partial charge is 0.415 e. The molecule has 1 fully saturated rings. The summed E-state index contributed by atoms with van der Waals surface area (Å²) in [4.78, 5) is 51.6. The lowest BCUT2D eigenvalue weighted by atomic mass is 10.0. The number of ether oxygens (including phenoxy) is 2. The maximum absolute atomic E-state index is 15.7. The van der Waals surface area contributed by atoms with Crippen molar-refractivity contribution in [3.05, 3.63) is 63.2 Å². The van der Waals surface area contributed by atoms with Gasteiger partial charge in [0, 0.05) is 25.0 Å². The Morgan fingerprint density at radius 1 is 1.18 bits per heavy atom. The first-order valence-electron chi connectivity index (χ1n) is 12.6. The molecule has 12 heteroatoms. The van der Waals surface area contributed by atoms with Crippen LogP contribution in [0, 0.1) is 5.82 Å². The highest BCUT2D eigenvalue weighted by Gasteiger charge is 2.36. The Balaban J connectivity index is 1.40. The minimum Gasteiger partial charge on any atom is -0.487 e. The van der Waals surface area contributed by atoms with Crippen molar-refractivity contribution >= 4 is 40.2 Å². The second-order valence-electron chi connectivity index (χ2n) is 10.0. The van der Waals surface area contributed by atoms with E-state index in [1.54, 1.807) is 10.6 Å². The molecule has 2 amide bonds. The number of aryl methyl sites for hydroxylation is 1. The van der Waals surface area contributed by atoms with Gasteiger partial charge in [-0.1, -0.05) is 6.07 Å². The molecule has 0 radical (unpaired) electrons. The summed E-state index contributed by atoms with van der Waals surface area (Å²) in [6, 6.07) is 6.32. The third-order valence-electron chi connectivity index (χ3n) is 7.55. The summed E-state index contributed by atoms with van der Waals surface area (Å²) >= 11 is 0. The van der Waals surface area contributed by atoms with Crippen LogP contribution in [0.2, 0.25) is 0 Å². The van der Waals surface area contributed by atoms with Crippen LogP contribution >= 0.6 is 0 Å². The molecular formula is C27H25FN4O7. The molecule has 3 N–H and O–H groups in total. The summed E-state index contributed by atoms with van der Waals surface area (Å²) < 4.78 is 28.5. The van der Waals surface area contributed by atoms with Gasteiger partial charge < -0.3 is 29.8 Å². The Kier molecular flexibility index (Phi) is 5.70. The summed E-state index contributed by atoms with van der Waals surface area (Å²) in [7, 11) is 0. The van der Waals surface area contributed by atoms with E-state index in [1.165, 1.54) is 11.1 Å². The van der Waals surface area contributed by atoms with Crippen LogP contribution in [0.5, 0.6) is 5.75 Å². The van der Waals surface area contributed by atoms with Crippen LogP contribution in [0.25, 0.3) is 10.9 Å². The average Bonchev–Trinajstić information content (AvgIpc) is 3.16. The molecule has 11 nitrogen and oxygen atoms in total. The monoisotopic (exact) mass is 536 g/mol. The molecule has 1 aromatic heterocycles. The number of hydrogen-bond donors (Lipinski definition) is 2. The number of hydrogen-bond acceptors (Lipinski definition) is 7. The van der Waals surface area contributed by atoms with Crippen LogP contribution in [0.15, 0.2) is 35.3 Å². The summed E-state index contributed by atoms with van der Waals surface area (Å²) in [5, 5.41) is 9.48. The first kappa shape index (κ1) is 24.7. The molecule has 202 valence electrons. The molecule has 2 aromatic carbocycles. The van der Waals surface area contributed by atoms with E-state index in [0.717, 1.165) is 17.2 Å². The van der Waals surface area contributed by atoms with Crippen LogP contribution < -0.4 is 25.7 Å². The second kappa shape index (κ2) is 9.00. The van der Waals surface area contributed by atoms with Gasteiger partial charge in [0.15, 0.2) is 17.7 Å². The van der Waals surface area contributed by atoms with Gasteiger partial charge in [0.2, 0.25) is 5.43 Å². The van der Waals surface area contributed by atoms with Gasteiger partial charge in [0.05, 0.1) is 23.5 Å². The minimum atomic E-state index is -1.37. The normalized spacial score (nSPS) is 20.3. The van der Waals surface area contributed by atoms with Crippen LogP contribution in [-0.4, -0.2) is 53.4 Å². The fourth-order valence-electron chi connectivity index (χ4n) is 5.58. The lowest BCUT2D eigenvalue weighted by molar-refractivity contribution is -0.124. The van der Waals surface area contributed by atoms with Gasteiger partial charge in [-0.05, 0) is 49.1 Å². The predicted octanol–water partition coefficient (Wildman–Crippen LogP) is 2.56. The number of halogens is 1. The lowest BCUT2D eigenvalue weighted by Gasteiger charge is -2.32. The van der Waals surface area contributed by atoms with Crippen molar-refractivity contribution in [1.82, 2.24) is 4.57 Å². The molecular weight excluding hydrogens is 511 g/mol. The summed E-state index contributed by atoms with van der Waals surface area (Å²) in [6.07, 6.45) is 0.984. The van der Waals surface area contributed by atoms with Gasteiger partial charge >= 0.3 is 12.1 Å². The van der Waals surface area contributed by atoms with Crippen molar-refractivity contribution in [2.24, 2.45) is 5.73 Å². The van der Waals surface area contributed by atoms with E-state index in [9.17, 15) is 24.3 Å². The Hall–Kier alpha value is -4.61. The maximum Gasteiger partial charge on any atom is 0.415 e. The lowest BCUT2D eigenvalue weighted by Crippen LogP contribution is -2.32. The number of anilines is 2. The molecule has 3 aliphatic rings. The number of nitrogens with zero attached hydrogens (tertiary/aromatic N) is 3. The molecule has 0 spiro atoms. The van der Waals surface area contributed by atoms with E-state index in [0.29, 0.717) is 37.1 Å². The fourth-order valence-corrected chi connectivity index (χ4v) is 5.58. The molecule has 1 saturated heterocycles. The highest BCUT2D eigenvalue weighted by molar-refractivity contribution is 5.97. The molecule has 3 aliphatic heterocycles. The molecule has 6 rings (SSSR count). The number of cyclic esters (lactones) is 1. The standard InChI is InChI=1S/C27H25FN4O7/c1-13-12-38-24-21-17(23(33)18(26(35)36)10-31(13)21)8-19(28)22(24)30-6-2-3-14-7-16(5-4-15(14)9-30)32-11-20(25(29)34)39-27(32)37/h4-5,7-8,10,13,20H,2-3,6,9,11-12H2,1H3,(H2,29,34)(H,35,36). The SMILES string of the molecule is CC1COc2c(N3CCCc4cc(N5CC(C(N)=O)OC5=O)ccc4C3)c(F)cc3c(=O)c(C(=O)O)cn1c23. The zero-order valence-corrected chi connectivity index (χ0v) is 21.0. The quantitative estimate of drug-likeness (QED) is 0.518. The van der Waals surface area contributed by atoms with Gasteiger partial charge in [-0.25, -0.2) is 14.0 Å². The third kappa shape index (κ3) is 3.94. The van der Waals surface area contributed by atoms with Crippen LogP contribution in [-0.2, 0) is 22.5 Å². The molecule has 4 heterocycles. The highest BCUT2D eigenvalue weighted by atomic mass is 19.1. The van der Waals surface area contributed by atoms with Crippen molar-refractivity contribution in [2.45, 2.75) is 38.5 Å². The number of carboxylic acids is 1. The van der Waals surface area contributed by atoms with E-state index in [1.807, 2.05) is 24.0 Å². The van der Waals surface area contributed by atoms with Crippen molar-refractivity contribution < 1.29 is 33.4 Å². The average molecular weight is 537 g/mol. The summed E-state index contributed by atoms with van der Waals surface area (Å²) in [5.41, 5.74) is 7.17. The first-order valence-corrected chi connectivity index (χ1v) is 12.6. The van der Waals surface area contributed by atoms with Crippen molar-refractivity contribution in [3.8, 4) is 5.75 Å². The zero-order chi connectivity index (χ0) is 27.6. The number of primary amides is 1. The van der Waals surface area contributed by atoms with Gasteiger partial charge in [0.25, 0.3) is 5.91 Å². The van der Waals surface area contributed by atoms with Crippen molar-refractivity contribution in [1.29, 1.82) is 0 Å². The molecule has 0 bridgehead atoms. The number of carbonyl (C=O) groups excluding carboxylic acids is 2. The molecule has 3 aromatic rings. The van der Waals surface area contributed by atoms with Gasteiger partial charge in [-0.3, -0.25) is 14.5 Å². The Morgan fingerprint density at radius 2 is 1.97 bits per heavy atom.